The van der Waals surface area contributed by atoms with Gasteiger partial charge in [0.2, 0.25) is 11.8 Å². The highest BCUT2D eigenvalue weighted by atomic mass is 35.5. The van der Waals surface area contributed by atoms with Gasteiger partial charge in [0.1, 0.15) is 23.1 Å². The lowest BCUT2D eigenvalue weighted by Gasteiger charge is -2.19. The summed E-state index contributed by atoms with van der Waals surface area (Å²) in [6.07, 6.45) is 2.63. The van der Waals surface area contributed by atoms with Crippen molar-refractivity contribution in [2.24, 2.45) is 0 Å². The van der Waals surface area contributed by atoms with Crippen LogP contribution < -0.4 is 14.2 Å². The topological polar surface area (TPSA) is 94.6 Å². The molecule has 0 saturated heterocycles. The second-order valence-corrected chi connectivity index (χ2v) is 15.7. The van der Waals surface area contributed by atoms with Crippen molar-refractivity contribution in [2.45, 2.75) is 68.5 Å². The van der Waals surface area contributed by atoms with Crippen molar-refractivity contribution in [3.63, 3.8) is 0 Å². The zero-order chi connectivity index (χ0) is 41.0. The standard InChI is InChI=1S/C22H28ClNO3S.C21H24FNO4S/c1-16(2)27-19-8-10-20(11-9-19)28-13-5-6-22(25)24(3)15-17-14-18(23)7-12-21(17)26-4;1-23(14-16-13-17(22)8-11-19(16)26-2)20(24)5-4-12-28-18-9-6-15(7-10-18)21(25)27-3/h7-12,14,16H,5-6,13,15H2,1-4H3;6-11,13H,4-5,12,14H2,1-3H3. The van der Waals surface area contributed by atoms with Crippen LogP contribution in [-0.2, 0) is 27.4 Å². The normalized spacial score (nSPS) is 10.6. The predicted molar refractivity (Wildman–Crippen MR) is 224 cm³/mol. The molecule has 0 aliphatic heterocycles. The number of hydrogen-bond donors (Lipinski definition) is 0. The van der Waals surface area contributed by atoms with Crippen LogP contribution in [0.4, 0.5) is 4.39 Å². The molecule has 0 spiro atoms. The van der Waals surface area contributed by atoms with E-state index >= 15 is 0 Å². The zero-order valence-electron chi connectivity index (χ0n) is 33.1. The summed E-state index contributed by atoms with van der Waals surface area (Å²) < 4.78 is 34.3. The van der Waals surface area contributed by atoms with Crippen molar-refractivity contribution in [1.82, 2.24) is 9.80 Å². The van der Waals surface area contributed by atoms with E-state index in [4.69, 9.17) is 25.8 Å². The van der Waals surface area contributed by atoms with E-state index in [-0.39, 0.29) is 29.7 Å². The van der Waals surface area contributed by atoms with Crippen LogP contribution in [0.2, 0.25) is 5.02 Å². The van der Waals surface area contributed by atoms with Crippen molar-refractivity contribution in [3.8, 4) is 17.2 Å². The van der Waals surface area contributed by atoms with E-state index < -0.39 is 0 Å². The number of hydrogen-bond acceptors (Lipinski definition) is 9. The molecule has 56 heavy (non-hydrogen) atoms. The van der Waals surface area contributed by atoms with Crippen LogP contribution in [0.1, 0.15) is 61.0 Å². The molecule has 2 amide bonds. The molecule has 0 fully saturated rings. The number of carbonyl (C=O) groups is 3. The Labute approximate surface area is 344 Å². The van der Waals surface area contributed by atoms with Gasteiger partial charge in [0.15, 0.2) is 0 Å². The summed E-state index contributed by atoms with van der Waals surface area (Å²) in [5.41, 5.74) is 2.05. The second kappa shape index (κ2) is 24.3. The van der Waals surface area contributed by atoms with Crippen LogP contribution in [0.15, 0.2) is 94.7 Å². The van der Waals surface area contributed by atoms with Gasteiger partial charge in [0.05, 0.1) is 33.0 Å². The molecular weight excluding hydrogens is 775 g/mol. The van der Waals surface area contributed by atoms with Gasteiger partial charge < -0.3 is 28.7 Å². The van der Waals surface area contributed by atoms with Crippen LogP contribution in [0.3, 0.4) is 0 Å². The molecule has 0 aliphatic carbocycles. The van der Waals surface area contributed by atoms with E-state index in [9.17, 15) is 18.8 Å². The first-order valence-corrected chi connectivity index (χ1v) is 20.5. The molecule has 13 heteroatoms. The molecule has 0 heterocycles. The minimum Gasteiger partial charge on any atom is -0.496 e. The minimum atomic E-state index is -0.361. The Bertz CT molecular complexity index is 1850. The van der Waals surface area contributed by atoms with Crippen LogP contribution >= 0.6 is 35.1 Å². The SMILES string of the molecule is COC(=O)c1ccc(SCCCC(=O)N(C)Cc2cc(F)ccc2OC)cc1.COc1ccc(Cl)cc1CN(C)C(=O)CCCSc1ccc(OC(C)C)cc1. The predicted octanol–water partition coefficient (Wildman–Crippen LogP) is 9.82. The monoisotopic (exact) mass is 826 g/mol. The number of nitrogens with zero attached hydrogens (tertiary/aromatic N) is 2. The third-order valence-electron chi connectivity index (χ3n) is 8.23. The number of benzene rings is 4. The number of carbonyl (C=O) groups excluding carboxylic acids is 3. The maximum Gasteiger partial charge on any atom is 0.337 e. The molecule has 4 aromatic carbocycles. The maximum absolute atomic E-state index is 13.4. The molecule has 0 aromatic heterocycles. The Balaban J connectivity index is 0.000000300. The fourth-order valence-corrected chi connectivity index (χ4v) is 7.23. The van der Waals surface area contributed by atoms with Gasteiger partial charge >= 0.3 is 5.97 Å². The average Bonchev–Trinajstić information content (AvgIpc) is 3.18. The van der Waals surface area contributed by atoms with Crippen molar-refractivity contribution in [3.05, 3.63) is 112 Å². The summed E-state index contributed by atoms with van der Waals surface area (Å²) in [7, 11) is 8.00. The van der Waals surface area contributed by atoms with E-state index in [1.165, 1.54) is 31.2 Å². The number of ether oxygens (including phenoxy) is 4. The number of methoxy groups -OCH3 is 3. The fourth-order valence-electron chi connectivity index (χ4n) is 5.33. The maximum atomic E-state index is 13.4. The van der Waals surface area contributed by atoms with E-state index in [1.54, 1.807) is 71.7 Å². The van der Waals surface area contributed by atoms with E-state index in [1.807, 2.05) is 57.3 Å². The van der Waals surface area contributed by atoms with E-state index in [0.29, 0.717) is 54.3 Å². The first-order valence-electron chi connectivity index (χ1n) is 18.2. The molecule has 0 N–H and O–H groups in total. The molecule has 0 unspecified atom stereocenters. The van der Waals surface area contributed by atoms with E-state index in [2.05, 4.69) is 16.9 Å². The van der Waals surface area contributed by atoms with Gasteiger partial charge in [-0.2, -0.15) is 0 Å². The molecule has 9 nitrogen and oxygen atoms in total. The van der Waals surface area contributed by atoms with Gasteiger partial charge in [0, 0.05) is 66.0 Å². The van der Waals surface area contributed by atoms with Crippen LogP contribution in [0.5, 0.6) is 17.2 Å². The third-order valence-corrected chi connectivity index (χ3v) is 10.7. The summed E-state index contributed by atoms with van der Waals surface area (Å²) in [4.78, 5) is 41.7. The van der Waals surface area contributed by atoms with Crippen molar-refractivity contribution < 1.29 is 37.7 Å². The molecule has 4 aromatic rings. The second-order valence-electron chi connectivity index (χ2n) is 13.0. The number of rotatable bonds is 19. The van der Waals surface area contributed by atoms with Crippen molar-refractivity contribution in [1.29, 1.82) is 0 Å². The molecule has 0 bridgehead atoms. The van der Waals surface area contributed by atoms with Gasteiger partial charge in [-0.3, -0.25) is 9.59 Å². The van der Waals surface area contributed by atoms with Crippen LogP contribution in [0, 0.1) is 5.82 Å². The largest absolute Gasteiger partial charge is 0.496 e. The van der Waals surface area contributed by atoms with Gasteiger partial charge in [0.25, 0.3) is 0 Å². The molecular formula is C43H52ClFN2O7S2. The Morgan fingerprint density at radius 3 is 1.66 bits per heavy atom. The van der Waals surface area contributed by atoms with Crippen LogP contribution in [0.25, 0.3) is 0 Å². The lowest BCUT2D eigenvalue weighted by atomic mass is 10.1. The molecule has 4 rings (SSSR count). The number of amides is 2. The Hall–Kier alpha value is -4.39. The van der Waals surface area contributed by atoms with Crippen LogP contribution in [-0.4, -0.2) is 80.6 Å². The quantitative estimate of drug-likeness (QED) is 0.0520. The Morgan fingerprint density at radius 2 is 1.18 bits per heavy atom. The molecule has 302 valence electrons. The summed E-state index contributed by atoms with van der Waals surface area (Å²) in [6, 6.07) is 25.0. The smallest absolute Gasteiger partial charge is 0.337 e. The zero-order valence-corrected chi connectivity index (χ0v) is 35.5. The Morgan fingerprint density at radius 1 is 0.696 bits per heavy atom. The minimum absolute atomic E-state index is 0.00652. The van der Waals surface area contributed by atoms with Crippen molar-refractivity contribution in [2.75, 3.05) is 46.9 Å². The average molecular weight is 827 g/mol. The third kappa shape index (κ3) is 16.0. The van der Waals surface area contributed by atoms with Gasteiger partial charge in [-0.25, -0.2) is 9.18 Å². The number of esters is 1. The Kier molecular flexibility index (Phi) is 20.0. The first kappa shape index (κ1) is 46.0. The lowest BCUT2D eigenvalue weighted by molar-refractivity contribution is -0.131. The molecule has 0 radical (unpaired) electrons. The summed E-state index contributed by atoms with van der Waals surface area (Å²) in [5, 5.41) is 0.637. The molecule has 0 aliphatic rings. The number of thioether (sulfide) groups is 2. The van der Waals surface area contributed by atoms with Gasteiger partial charge in [-0.15, -0.1) is 23.5 Å². The molecule has 0 saturated carbocycles. The highest BCUT2D eigenvalue weighted by Gasteiger charge is 2.14. The van der Waals surface area contributed by atoms with E-state index in [0.717, 1.165) is 39.9 Å². The number of halogens is 2. The molecule has 0 atom stereocenters. The lowest BCUT2D eigenvalue weighted by Crippen LogP contribution is -2.26. The summed E-state index contributed by atoms with van der Waals surface area (Å²) in [6.45, 7) is 4.80. The first-order chi connectivity index (χ1) is 26.8. The highest BCUT2D eigenvalue weighted by Crippen LogP contribution is 2.26. The van der Waals surface area contributed by atoms with Crippen molar-refractivity contribution >= 4 is 52.9 Å². The summed E-state index contributed by atoms with van der Waals surface area (Å²) in [5.74, 6) is 3.25. The fraction of sp³-hybridized carbons (Fsp3) is 0.372. The highest BCUT2D eigenvalue weighted by molar-refractivity contribution is 7.99. The summed E-state index contributed by atoms with van der Waals surface area (Å²) >= 11 is 9.43. The van der Waals surface area contributed by atoms with Gasteiger partial charge in [-0.1, -0.05) is 11.6 Å². The van der Waals surface area contributed by atoms with Gasteiger partial charge in [-0.05, 0) is 123 Å².